The van der Waals surface area contributed by atoms with Gasteiger partial charge in [0.2, 0.25) is 10.0 Å². The minimum atomic E-state index is -3.48. The third-order valence-electron chi connectivity index (χ3n) is 4.47. The molecule has 1 aliphatic rings. The lowest BCUT2D eigenvalue weighted by atomic mass is 9.83. The van der Waals surface area contributed by atoms with Crippen molar-refractivity contribution in [1.29, 1.82) is 0 Å². The van der Waals surface area contributed by atoms with E-state index in [2.05, 4.69) is 11.6 Å². The van der Waals surface area contributed by atoms with Crippen LogP contribution < -0.4 is 4.72 Å². The van der Waals surface area contributed by atoms with Crippen LogP contribution >= 0.6 is 0 Å². The Bertz CT molecular complexity index is 536. The van der Waals surface area contributed by atoms with Crippen LogP contribution in [0.3, 0.4) is 0 Å². The molecule has 2 N–H and O–H groups in total. The molecular weight excluding hydrogens is 288 g/mol. The molecule has 1 aromatic rings. The van der Waals surface area contributed by atoms with E-state index in [0.29, 0.717) is 24.7 Å². The summed E-state index contributed by atoms with van der Waals surface area (Å²) < 4.78 is 29.1. The third-order valence-corrected chi connectivity index (χ3v) is 5.86. The van der Waals surface area contributed by atoms with Crippen molar-refractivity contribution in [3.8, 4) is 0 Å². The molecule has 0 saturated heterocycles. The third kappa shape index (κ3) is 4.08. The number of aromatic nitrogens is 1. The Balaban J connectivity index is 1.99. The molecule has 1 fully saturated rings. The highest BCUT2D eigenvalue weighted by atomic mass is 32.2. The van der Waals surface area contributed by atoms with E-state index in [1.165, 1.54) is 12.8 Å². The van der Waals surface area contributed by atoms with Crippen molar-refractivity contribution in [2.75, 3.05) is 6.54 Å². The zero-order valence-electron chi connectivity index (χ0n) is 12.9. The minimum Gasteiger partial charge on any atom is -0.390 e. The molecule has 21 heavy (non-hydrogen) atoms. The molecule has 120 valence electrons. The van der Waals surface area contributed by atoms with E-state index in [4.69, 9.17) is 0 Å². The second kappa shape index (κ2) is 6.94. The van der Waals surface area contributed by atoms with Crippen molar-refractivity contribution in [2.45, 2.75) is 57.6 Å². The molecule has 2 rings (SSSR count). The van der Waals surface area contributed by atoms with Gasteiger partial charge >= 0.3 is 0 Å². The molecule has 0 amide bonds. The molecule has 6 heteroatoms. The second-order valence-electron chi connectivity index (χ2n) is 6.09. The molecule has 0 aliphatic heterocycles. The lowest BCUT2D eigenvalue weighted by Crippen LogP contribution is -2.31. The maximum atomic E-state index is 12.3. The standard InChI is InChI=1S/C15H26N2O3S/c1-3-17-10-15(8-14(17)11-18)21(19,20)16-9-13-6-4-12(2)5-7-13/h8,10,12-13,16,18H,3-7,9,11H2,1-2H3. The van der Waals surface area contributed by atoms with Gasteiger partial charge in [-0.25, -0.2) is 13.1 Å². The Morgan fingerprint density at radius 1 is 1.33 bits per heavy atom. The van der Waals surface area contributed by atoms with Crippen molar-refractivity contribution in [3.05, 3.63) is 18.0 Å². The molecule has 1 saturated carbocycles. The molecule has 1 aliphatic carbocycles. The SMILES string of the molecule is CCn1cc(S(=O)(=O)NCC2CCC(C)CC2)cc1CO. The zero-order chi connectivity index (χ0) is 15.5. The fourth-order valence-corrected chi connectivity index (χ4v) is 4.12. The van der Waals surface area contributed by atoms with Gasteiger partial charge in [0.15, 0.2) is 0 Å². The van der Waals surface area contributed by atoms with Crippen LogP contribution in [0.2, 0.25) is 0 Å². The highest BCUT2D eigenvalue weighted by Crippen LogP contribution is 2.28. The van der Waals surface area contributed by atoms with Crippen LogP contribution in [0, 0.1) is 11.8 Å². The zero-order valence-corrected chi connectivity index (χ0v) is 13.7. The fourth-order valence-electron chi connectivity index (χ4n) is 2.94. The largest absolute Gasteiger partial charge is 0.390 e. The van der Waals surface area contributed by atoms with Crippen molar-refractivity contribution in [1.82, 2.24) is 9.29 Å². The summed E-state index contributed by atoms with van der Waals surface area (Å²) in [5, 5.41) is 9.25. The average Bonchev–Trinajstić information content (AvgIpc) is 2.91. The maximum absolute atomic E-state index is 12.3. The van der Waals surface area contributed by atoms with Gasteiger partial charge in [-0.15, -0.1) is 0 Å². The summed E-state index contributed by atoms with van der Waals surface area (Å²) in [4.78, 5) is 0.248. The first-order chi connectivity index (χ1) is 9.96. The Labute approximate surface area is 127 Å². The lowest BCUT2D eigenvalue weighted by molar-refractivity contribution is 0.271. The molecule has 5 nitrogen and oxygen atoms in total. The van der Waals surface area contributed by atoms with Gasteiger partial charge in [0.25, 0.3) is 0 Å². The molecule has 1 heterocycles. The fraction of sp³-hybridized carbons (Fsp3) is 0.733. The summed E-state index contributed by atoms with van der Waals surface area (Å²) in [6.07, 6.45) is 6.17. The predicted molar refractivity (Wildman–Crippen MR) is 82.3 cm³/mol. The topological polar surface area (TPSA) is 71.3 Å². The van der Waals surface area contributed by atoms with E-state index in [1.54, 1.807) is 16.8 Å². The molecule has 1 aromatic heterocycles. The van der Waals surface area contributed by atoms with Gasteiger partial charge < -0.3 is 9.67 Å². The Kier molecular flexibility index (Phi) is 5.46. The average molecular weight is 314 g/mol. The van der Waals surface area contributed by atoms with Gasteiger partial charge in [-0.2, -0.15) is 0 Å². The highest BCUT2D eigenvalue weighted by Gasteiger charge is 2.22. The normalized spacial score (nSPS) is 23.4. The van der Waals surface area contributed by atoms with Gasteiger partial charge in [0, 0.05) is 25.0 Å². The van der Waals surface area contributed by atoms with E-state index in [-0.39, 0.29) is 11.5 Å². The lowest BCUT2D eigenvalue weighted by Gasteiger charge is -2.26. The van der Waals surface area contributed by atoms with Crippen LogP contribution in [-0.2, 0) is 23.2 Å². The van der Waals surface area contributed by atoms with Crippen LogP contribution in [0.1, 0.15) is 45.2 Å². The molecule has 0 aromatic carbocycles. The molecule has 0 bridgehead atoms. The van der Waals surface area contributed by atoms with Gasteiger partial charge in [-0.3, -0.25) is 0 Å². The minimum absolute atomic E-state index is 0.149. The van der Waals surface area contributed by atoms with Crippen molar-refractivity contribution >= 4 is 10.0 Å². The van der Waals surface area contributed by atoms with Gasteiger partial charge in [0.05, 0.1) is 11.5 Å². The second-order valence-corrected chi connectivity index (χ2v) is 7.86. The number of rotatable bonds is 6. The van der Waals surface area contributed by atoms with Crippen LogP contribution in [0.4, 0.5) is 0 Å². The number of nitrogens with one attached hydrogen (secondary N) is 1. The van der Waals surface area contributed by atoms with Crippen molar-refractivity contribution in [2.24, 2.45) is 11.8 Å². The maximum Gasteiger partial charge on any atom is 0.242 e. The Morgan fingerprint density at radius 2 is 2.00 bits per heavy atom. The van der Waals surface area contributed by atoms with E-state index < -0.39 is 10.0 Å². The molecule has 0 atom stereocenters. The number of sulfonamides is 1. The molecule has 0 unspecified atom stereocenters. The van der Waals surface area contributed by atoms with Gasteiger partial charge in [-0.1, -0.05) is 19.8 Å². The summed E-state index contributed by atoms with van der Waals surface area (Å²) in [6, 6.07) is 1.55. The number of hydrogen-bond donors (Lipinski definition) is 2. The van der Waals surface area contributed by atoms with Crippen LogP contribution in [0.5, 0.6) is 0 Å². The number of aliphatic hydroxyl groups excluding tert-OH is 1. The molecular formula is C15H26N2O3S. The number of hydrogen-bond acceptors (Lipinski definition) is 3. The first kappa shape index (κ1) is 16.5. The van der Waals surface area contributed by atoms with Crippen molar-refractivity contribution in [3.63, 3.8) is 0 Å². The summed E-state index contributed by atoms with van der Waals surface area (Å²) in [5.41, 5.74) is 0.629. The number of aliphatic hydroxyl groups is 1. The van der Waals surface area contributed by atoms with Crippen LogP contribution in [0.25, 0.3) is 0 Å². The first-order valence-electron chi connectivity index (χ1n) is 7.75. The summed E-state index contributed by atoms with van der Waals surface area (Å²) >= 11 is 0. The van der Waals surface area contributed by atoms with Crippen LogP contribution in [-0.4, -0.2) is 24.6 Å². The monoisotopic (exact) mass is 314 g/mol. The Morgan fingerprint density at radius 3 is 2.52 bits per heavy atom. The van der Waals surface area contributed by atoms with Crippen molar-refractivity contribution < 1.29 is 13.5 Å². The summed E-state index contributed by atoms with van der Waals surface area (Å²) in [5.74, 6) is 1.21. The van der Waals surface area contributed by atoms with E-state index in [9.17, 15) is 13.5 Å². The smallest absolute Gasteiger partial charge is 0.242 e. The first-order valence-corrected chi connectivity index (χ1v) is 9.24. The molecule has 0 spiro atoms. The predicted octanol–water partition coefficient (Wildman–Crippen LogP) is 2.10. The van der Waals surface area contributed by atoms with Gasteiger partial charge in [0.1, 0.15) is 0 Å². The van der Waals surface area contributed by atoms with Gasteiger partial charge in [-0.05, 0) is 37.7 Å². The summed E-state index contributed by atoms with van der Waals surface area (Å²) in [7, 11) is -3.48. The van der Waals surface area contributed by atoms with E-state index >= 15 is 0 Å². The highest BCUT2D eigenvalue weighted by molar-refractivity contribution is 7.89. The number of aryl methyl sites for hydroxylation is 1. The molecule has 0 radical (unpaired) electrons. The summed E-state index contributed by atoms with van der Waals surface area (Å²) in [6.45, 7) is 5.19. The van der Waals surface area contributed by atoms with E-state index in [0.717, 1.165) is 18.8 Å². The Hall–Kier alpha value is -0.850. The quantitative estimate of drug-likeness (QED) is 0.845. The van der Waals surface area contributed by atoms with Crippen LogP contribution in [0.15, 0.2) is 17.2 Å². The van der Waals surface area contributed by atoms with E-state index in [1.807, 2.05) is 6.92 Å². The number of nitrogens with zero attached hydrogens (tertiary/aromatic N) is 1.